The second-order valence-electron chi connectivity index (χ2n) is 3.77. The first-order chi connectivity index (χ1) is 6.74. The summed E-state index contributed by atoms with van der Waals surface area (Å²) in [5, 5.41) is 0. The maximum Gasteiger partial charge on any atom is 0.0550 e. The second kappa shape index (κ2) is 5.60. The highest BCUT2D eigenvalue weighted by atomic mass is 15.1. The molecule has 3 heteroatoms. The van der Waals surface area contributed by atoms with E-state index in [1.54, 1.807) is 6.20 Å². The van der Waals surface area contributed by atoms with Crippen LogP contribution >= 0.6 is 0 Å². The summed E-state index contributed by atoms with van der Waals surface area (Å²) in [5.41, 5.74) is 6.68. The lowest BCUT2D eigenvalue weighted by Crippen LogP contribution is -2.25. The fourth-order valence-corrected chi connectivity index (χ4v) is 1.53. The number of hydrogen-bond acceptors (Lipinski definition) is 3. The van der Waals surface area contributed by atoms with E-state index >= 15 is 0 Å². The van der Waals surface area contributed by atoms with Crippen LogP contribution in [-0.4, -0.2) is 25.1 Å². The largest absolute Gasteiger partial charge is 0.373 e. The number of pyridine rings is 1. The predicted molar refractivity (Wildman–Crippen MR) is 60.3 cm³/mol. The Hall–Kier alpha value is -1.09. The lowest BCUT2D eigenvalue weighted by molar-refractivity contribution is 0.539. The number of nitrogens with zero attached hydrogens (tertiary/aromatic N) is 2. The van der Waals surface area contributed by atoms with E-state index in [2.05, 4.69) is 29.9 Å². The number of anilines is 1. The molecule has 0 aliphatic rings. The summed E-state index contributed by atoms with van der Waals surface area (Å²) in [7, 11) is 2.09. The van der Waals surface area contributed by atoms with Crippen molar-refractivity contribution in [3.8, 4) is 0 Å². The average molecular weight is 193 g/mol. The third-order valence-electron chi connectivity index (χ3n) is 2.33. The molecule has 1 rings (SSSR count). The lowest BCUT2D eigenvalue weighted by atomic mass is 10.1. The zero-order valence-corrected chi connectivity index (χ0v) is 8.98. The molecule has 1 aromatic rings. The smallest absolute Gasteiger partial charge is 0.0550 e. The van der Waals surface area contributed by atoms with Gasteiger partial charge in [-0.2, -0.15) is 0 Å². The molecule has 0 aromatic carbocycles. The van der Waals surface area contributed by atoms with Crippen LogP contribution in [0.4, 0.5) is 5.69 Å². The van der Waals surface area contributed by atoms with Crippen LogP contribution in [-0.2, 0) is 0 Å². The first kappa shape index (κ1) is 11.0. The fraction of sp³-hybridized carbons (Fsp3) is 0.545. The van der Waals surface area contributed by atoms with Gasteiger partial charge in [-0.1, -0.05) is 6.92 Å². The Morgan fingerprint density at radius 2 is 2.36 bits per heavy atom. The fourth-order valence-electron chi connectivity index (χ4n) is 1.53. The summed E-state index contributed by atoms with van der Waals surface area (Å²) in [6, 6.07) is 4.03. The van der Waals surface area contributed by atoms with E-state index in [1.165, 1.54) is 0 Å². The minimum Gasteiger partial charge on any atom is -0.373 e. The van der Waals surface area contributed by atoms with E-state index in [-0.39, 0.29) is 0 Å². The van der Waals surface area contributed by atoms with Crippen molar-refractivity contribution in [2.24, 2.45) is 11.7 Å². The number of rotatable bonds is 5. The van der Waals surface area contributed by atoms with E-state index in [1.807, 2.05) is 12.3 Å². The van der Waals surface area contributed by atoms with E-state index in [0.717, 1.165) is 25.2 Å². The van der Waals surface area contributed by atoms with Gasteiger partial charge >= 0.3 is 0 Å². The molecule has 0 saturated carbocycles. The zero-order chi connectivity index (χ0) is 10.4. The van der Waals surface area contributed by atoms with Gasteiger partial charge in [0.15, 0.2) is 0 Å². The lowest BCUT2D eigenvalue weighted by Gasteiger charge is -2.22. The van der Waals surface area contributed by atoms with E-state index in [4.69, 9.17) is 5.73 Å². The van der Waals surface area contributed by atoms with Crippen LogP contribution in [0.2, 0.25) is 0 Å². The molecule has 0 aliphatic carbocycles. The molecule has 78 valence electrons. The molecule has 0 amide bonds. The Kier molecular flexibility index (Phi) is 4.40. The molecule has 0 bridgehead atoms. The first-order valence-electron chi connectivity index (χ1n) is 5.05. The van der Waals surface area contributed by atoms with Crippen LogP contribution in [0.1, 0.15) is 13.3 Å². The standard InChI is InChI=1S/C11H19N3/c1-10(5-6-12)9-14(2)11-4-3-7-13-8-11/h3-4,7-8,10H,5-6,9,12H2,1-2H3. The van der Waals surface area contributed by atoms with Crippen LogP contribution in [0, 0.1) is 5.92 Å². The Morgan fingerprint density at radius 3 is 2.93 bits per heavy atom. The molecule has 3 nitrogen and oxygen atoms in total. The molecular formula is C11H19N3. The van der Waals surface area contributed by atoms with Gasteiger partial charge in [0.25, 0.3) is 0 Å². The zero-order valence-electron chi connectivity index (χ0n) is 8.98. The second-order valence-corrected chi connectivity index (χ2v) is 3.77. The molecular weight excluding hydrogens is 174 g/mol. The van der Waals surface area contributed by atoms with Gasteiger partial charge in [-0.15, -0.1) is 0 Å². The highest BCUT2D eigenvalue weighted by Crippen LogP contribution is 2.12. The van der Waals surface area contributed by atoms with Crippen LogP contribution in [0.5, 0.6) is 0 Å². The van der Waals surface area contributed by atoms with Crippen molar-refractivity contribution in [3.05, 3.63) is 24.5 Å². The average Bonchev–Trinajstić information content (AvgIpc) is 2.19. The molecule has 1 unspecified atom stereocenters. The van der Waals surface area contributed by atoms with Crippen molar-refractivity contribution in [3.63, 3.8) is 0 Å². The van der Waals surface area contributed by atoms with Crippen molar-refractivity contribution in [1.82, 2.24) is 4.98 Å². The van der Waals surface area contributed by atoms with E-state index < -0.39 is 0 Å². The van der Waals surface area contributed by atoms with E-state index in [0.29, 0.717) is 5.92 Å². The first-order valence-corrected chi connectivity index (χ1v) is 5.05. The van der Waals surface area contributed by atoms with Gasteiger partial charge in [-0.25, -0.2) is 0 Å². The molecule has 0 spiro atoms. The summed E-state index contributed by atoms with van der Waals surface area (Å²) < 4.78 is 0. The van der Waals surface area contributed by atoms with Gasteiger partial charge in [-0.05, 0) is 31.0 Å². The number of aromatic nitrogens is 1. The molecule has 1 aromatic heterocycles. The quantitative estimate of drug-likeness (QED) is 0.770. The summed E-state index contributed by atoms with van der Waals surface area (Å²) in [4.78, 5) is 6.31. The van der Waals surface area contributed by atoms with Crippen molar-refractivity contribution in [1.29, 1.82) is 0 Å². The molecule has 0 radical (unpaired) electrons. The molecule has 2 N–H and O–H groups in total. The van der Waals surface area contributed by atoms with Crippen LogP contribution in [0.25, 0.3) is 0 Å². The maximum absolute atomic E-state index is 5.51. The van der Waals surface area contributed by atoms with Gasteiger partial charge < -0.3 is 10.6 Å². The summed E-state index contributed by atoms with van der Waals surface area (Å²) in [6.45, 7) is 4.02. The highest BCUT2D eigenvalue weighted by molar-refractivity contribution is 5.42. The van der Waals surface area contributed by atoms with Crippen molar-refractivity contribution >= 4 is 5.69 Å². The van der Waals surface area contributed by atoms with Crippen molar-refractivity contribution in [2.75, 3.05) is 25.0 Å². The summed E-state index contributed by atoms with van der Waals surface area (Å²) in [5.74, 6) is 0.630. The van der Waals surface area contributed by atoms with Crippen LogP contribution in [0.3, 0.4) is 0 Å². The van der Waals surface area contributed by atoms with Crippen molar-refractivity contribution < 1.29 is 0 Å². The third-order valence-corrected chi connectivity index (χ3v) is 2.33. The van der Waals surface area contributed by atoms with Gasteiger partial charge in [0, 0.05) is 19.8 Å². The van der Waals surface area contributed by atoms with Crippen LogP contribution in [0.15, 0.2) is 24.5 Å². The van der Waals surface area contributed by atoms with Gasteiger partial charge in [-0.3, -0.25) is 4.98 Å². The third kappa shape index (κ3) is 3.34. The summed E-state index contributed by atoms with van der Waals surface area (Å²) in [6.07, 6.45) is 4.75. The van der Waals surface area contributed by atoms with Crippen molar-refractivity contribution in [2.45, 2.75) is 13.3 Å². The summed E-state index contributed by atoms with van der Waals surface area (Å²) >= 11 is 0. The minimum atomic E-state index is 0.630. The van der Waals surface area contributed by atoms with Gasteiger partial charge in [0.1, 0.15) is 0 Å². The van der Waals surface area contributed by atoms with Gasteiger partial charge in [0.2, 0.25) is 0 Å². The molecule has 0 saturated heterocycles. The molecule has 0 aliphatic heterocycles. The maximum atomic E-state index is 5.51. The van der Waals surface area contributed by atoms with E-state index in [9.17, 15) is 0 Å². The molecule has 0 fully saturated rings. The Balaban J connectivity index is 2.46. The molecule has 1 heterocycles. The molecule has 14 heavy (non-hydrogen) atoms. The normalized spacial score (nSPS) is 12.5. The SMILES string of the molecule is CC(CCN)CN(C)c1cccnc1. The Labute approximate surface area is 85.9 Å². The topological polar surface area (TPSA) is 42.1 Å². The monoisotopic (exact) mass is 193 g/mol. The molecule has 1 atom stereocenters. The number of hydrogen-bond donors (Lipinski definition) is 1. The highest BCUT2D eigenvalue weighted by Gasteiger charge is 2.05. The van der Waals surface area contributed by atoms with Gasteiger partial charge in [0.05, 0.1) is 11.9 Å². The minimum absolute atomic E-state index is 0.630. The Morgan fingerprint density at radius 1 is 1.57 bits per heavy atom. The Bertz CT molecular complexity index is 248. The predicted octanol–water partition coefficient (Wildman–Crippen LogP) is 1.50. The number of nitrogens with two attached hydrogens (primary N) is 1. The van der Waals surface area contributed by atoms with Crippen LogP contribution < -0.4 is 10.6 Å².